The van der Waals surface area contributed by atoms with E-state index in [-0.39, 0.29) is 20.3 Å². The van der Waals surface area contributed by atoms with Gasteiger partial charge in [0, 0.05) is 31.9 Å². The summed E-state index contributed by atoms with van der Waals surface area (Å²) in [5.41, 5.74) is 2.89. The van der Waals surface area contributed by atoms with E-state index in [0.717, 1.165) is 11.3 Å². The quantitative estimate of drug-likeness (QED) is 0.443. The summed E-state index contributed by atoms with van der Waals surface area (Å²) in [4.78, 5) is 4.65. The topological polar surface area (TPSA) is 35.6 Å². The number of nitrogens with zero attached hydrogens (tertiary/aromatic N) is 4. The third-order valence-electron chi connectivity index (χ3n) is 3.09. The van der Waals surface area contributed by atoms with Gasteiger partial charge >= 0.3 is 0 Å². The Balaban J connectivity index is 0. The normalized spacial score (nSPS) is 10.6. The average Bonchev–Trinajstić information content (AvgIpc) is 3.05. The van der Waals surface area contributed by atoms with E-state index in [2.05, 4.69) is 88.4 Å². The number of imidazole rings is 1. The summed E-state index contributed by atoms with van der Waals surface area (Å²) in [7, 11) is 3.97. The Morgan fingerprint density at radius 3 is 1.67 bits per heavy atom. The number of benzene rings is 1. The van der Waals surface area contributed by atoms with E-state index < -0.39 is 0 Å². The molecule has 0 saturated carbocycles. The first kappa shape index (κ1) is 27.1. The molecular weight excluding hydrogens is 332 g/mol. The van der Waals surface area contributed by atoms with E-state index >= 15 is 0 Å². The van der Waals surface area contributed by atoms with Crippen molar-refractivity contribution in [3.8, 4) is 0 Å². The van der Waals surface area contributed by atoms with Crippen molar-refractivity contribution in [1.82, 2.24) is 19.3 Å². The number of hydrogen-bond acceptors (Lipinski definition) is 2. The van der Waals surface area contributed by atoms with Crippen molar-refractivity contribution in [2.24, 2.45) is 19.5 Å². The lowest BCUT2D eigenvalue weighted by Gasteiger charge is -2.17. The summed E-state index contributed by atoms with van der Waals surface area (Å²) in [6.45, 7) is 15.3. The molecule has 0 atom stereocenters. The molecule has 4 nitrogen and oxygen atoms in total. The van der Waals surface area contributed by atoms with Crippen molar-refractivity contribution in [3.05, 3.63) is 48.5 Å². The van der Waals surface area contributed by atoms with Crippen LogP contribution in [0.2, 0.25) is 0 Å². The second-order valence-corrected chi connectivity index (χ2v) is 8.91. The van der Waals surface area contributed by atoms with Gasteiger partial charge in [-0.1, -0.05) is 75.5 Å². The van der Waals surface area contributed by atoms with Crippen LogP contribution in [0.3, 0.4) is 0 Å². The molecular formula is C23H42N4. The number of hydrogen-bond donors (Lipinski definition) is 0. The first-order chi connectivity index (χ1) is 11.4. The van der Waals surface area contributed by atoms with Gasteiger partial charge in [0.15, 0.2) is 0 Å². The van der Waals surface area contributed by atoms with Gasteiger partial charge in [-0.05, 0) is 23.6 Å². The van der Waals surface area contributed by atoms with Crippen molar-refractivity contribution < 1.29 is 0 Å². The highest BCUT2D eigenvalue weighted by Crippen LogP contribution is 2.24. The zero-order chi connectivity index (χ0) is 19.3. The van der Waals surface area contributed by atoms with Gasteiger partial charge in [-0.25, -0.2) is 4.98 Å². The Kier molecular flexibility index (Phi) is 11.0. The average molecular weight is 375 g/mol. The molecule has 0 unspecified atom stereocenters. The summed E-state index contributed by atoms with van der Waals surface area (Å²) in [6.07, 6.45) is 3.64. The minimum absolute atomic E-state index is 0. The molecule has 4 heteroatoms. The molecule has 3 rings (SSSR count). The predicted molar refractivity (Wildman–Crippen MR) is 121 cm³/mol. The molecule has 1 aromatic carbocycles. The molecule has 0 aliphatic rings. The smallest absolute Gasteiger partial charge is 0.115 e. The second-order valence-electron chi connectivity index (χ2n) is 8.91. The molecule has 0 radical (unpaired) electrons. The standard InChI is InChI=1S/C12H16N2.C5H12.C4H6N2.2CH4/c1-12(2,3)11-13-9-7-5-6-8-10(9)14(11)4;1-5(2,3)4;1-6-4-2-3-5-6;;/h5-8H,1-4H3;1-4H3;2-4H,1H3;2*1H4. The maximum Gasteiger partial charge on any atom is 0.115 e. The van der Waals surface area contributed by atoms with E-state index in [1.807, 2.05) is 25.4 Å². The van der Waals surface area contributed by atoms with Crippen LogP contribution in [0, 0.1) is 5.41 Å². The summed E-state index contributed by atoms with van der Waals surface area (Å²) in [5, 5.41) is 3.83. The molecule has 0 aliphatic carbocycles. The van der Waals surface area contributed by atoms with E-state index in [4.69, 9.17) is 0 Å². The third kappa shape index (κ3) is 9.97. The van der Waals surface area contributed by atoms with Crippen LogP contribution < -0.4 is 0 Å². The van der Waals surface area contributed by atoms with Crippen molar-refractivity contribution >= 4 is 11.0 Å². The lowest BCUT2D eigenvalue weighted by atomic mass is 9.96. The van der Waals surface area contributed by atoms with Crippen LogP contribution in [0.25, 0.3) is 11.0 Å². The Hall–Kier alpha value is -2.10. The van der Waals surface area contributed by atoms with Gasteiger partial charge in [0.2, 0.25) is 0 Å². The van der Waals surface area contributed by atoms with Crippen molar-refractivity contribution in [2.75, 3.05) is 0 Å². The maximum absolute atomic E-state index is 4.65. The van der Waals surface area contributed by atoms with Crippen molar-refractivity contribution in [3.63, 3.8) is 0 Å². The number of fused-ring (bicyclic) bond motifs is 1. The molecule has 0 fully saturated rings. The van der Waals surface area contributed by atoms with Crippen LogP contribution in [0.1, 0.15) is 69.1 Å². The molecule has 0 saturated heterocycles. The highest BCUT2D eigenvalue weighted by molar-refractivity contribution is 5.76. The van der Waals surface area contributed by atoms with E-state index in [9.17, 15) is 0 Å². The minimum Gasteiger partial charge on any atom is -0.331 e. The first-order valence-corrected chi connectivity index (χ1v) is 8.75. The first-order valence-electron chi connectivity index (χ1n) is 8.75. The highest BCUT2D eigenvalue weighted by Gasteiger charge is 2.20. The molecule has 0 N–H and O–H groups in total. The number of para-hydroxylation sites is 2. The minimum atomic E-state index is 0. The van der Waals surface area contributed by atoms with Crippen LogP contribution in [-0.4, -0.2) is 19.3 Å². The fraction of sp³-hybridized carbons (Fsp3) is 0.565. The lowest BCUT2D eigenvalue weighted by Crippen LogP contribution is -2.17. The molecule has 0 aliphatic heterocycles. The Morgan fingerprint density at radius 2 is 1.33 bits per heavy atom. The Labute approximate surface area is 167 Å². The summed E-state index contributed by atoms with van der Waals surface area (Å²) in [5.74, 6) is 1.14. The zero-order valence-corrected chi connectivity index (χ0v) is 17.3. The van der Waals surface area contributed by atoms with Crippen LogP contribution >= 0.6 is 0 Å². The molecule has 0 bridgehead atoms. The zero-order valence-electron chi connectivity index (χ0n) is 17.3. The Bertz CT molecular complexity index is 748. The largest absolute Gasteiger partial charge is 0.331 e. The van der Waals surface area contributed by atoms with Gasteiger partial charge in [-0.15, -0.1) is 0 Å². The lowest BCUT2D eigenvalue weighted by molar-refractivity contribution is 0.469. The highest BCUT2D eigenvalue weighted by atomic mass is 15.2. The van der Waals surface area contributed by atoms with Gasteiger partial charge < -0.3 is 4.57 Å². The molecule has 2 aromatic heterocycles. The SMILES string of the molecule is C.C.CC(C)(C)C.Cn1c(C(C)(C)C)nc2ccccc21.Cn1cccn1. The maximum atomic E-state index is 4.65. The summed E-state index contributed by atoms with van der Waals surface area (Å²) < 4.78 is 3.93. The van der Waals surface area contributed by atoms with Gasteiger partial charge in [0.25, 0.3) is 0 Å². The molecule has 3 aromatic rings. The summed E-state index contributed by atoms with van der Waals surface area (Å²) >= 11 is 0. The summed E-state index contributed by atoms with van der Waals surface area (Å²) in [6, 6.07) is 10.1. The van der Waals surface area contributed by atoms with E-state index in [1.165, 1.54) is 5.52 Å². The van der Waals surface area contributed by atoms with Gasteiger partial charge in [-0.3, -0.25) is 4.68 Å². The molecule has 0 spiro atoms. The van der Waals surface area contributed by atoms with Crippen LogP contribution in [0.4, 0.5) is 0 Å². The number of aryl methyl sites for hydroxylation is 2. The van der Waals surface area contributed by atoms with Gasteiger partial charge in [0.05, 0.1) is 11.0 Å². The fourth-order valence-electron chi connectivity index (χ4n) is 2.16. The van der Waals surface area contributed by atoms with Gasteiger partial charge in [-0.2, -0.15) is 5.10 Å². The molecule has 0 amide bonds. The van der Waals surface area contributed by atoms with Crippen molar-refractivity contribution in [2.45, 2.75) is 68.7 Å². The van der Waals surface area contributed by atoms with Gasteiger partial charge in [0.1, 0.15) is 5.82 Å². The molecule has 27 heavy (non-hydrogen) atoms. The second kappa shape index (κ2) is 10.9. The van der Waals surface area contributed by atoms with Crippen LogP contribution in [-0.2, 0) is 19.5 Å². The monoisotopic (exact) mass is 374 g/mol. The predicted octanol–water partition coefficient (Wildman–Crippen LogP) is 6.62. The molecule has 2 heterocycles. The van der Waals surface area contributed by atoms with E-state index in [1.54, 1.807) is 10.9 Å². The number of aromatic nitrogens is 4. The molecule has 154 valence electrons. The Morgan fingerprint density at radius 1 is 0.815 bits per heavy atom. The number of rotatable bonds is 0. The van der Waals surface area contributed by atoms with Crippen LogP contribution in [0.5, 0.6) is 0 Å². The third-order valence-corrected chi connectivity index (χ3v) is 3.09. The van der Waals surface area contributed by atoms with Crippen LogP contribution in [0.15, 0.2) is 42.7 Å². The fourth-order valence-corrected chi connectivity index (χ4v) is 2.16. The van der Waals surface area contributed by atoms with E-state index in [0.29, 0.717) is 5.41 Å². The van der Waals surface area contributed by atoms with Crippen molar-refractivity contribution in [1.29, 1.82) is 0 Å².